The van der Waals surface area contributed by atoms with Crippen molar-refractivity contribution in [3.63, 3.8) is 0 Å². The molecular formula is C10H15N3O5. The third kappa shape index (κ3) is 8.09. The van der Waals surface area contributed by atoms with Crippen LogP contribution in [-0.4, -0.2) is 55.0 Å². The van der Waals surface area contributed by atoms with Crippen molar-refractivity contribution in [3.8, 4) is 6.07 Å². The lowest BCUT2D eigenvalue weighted by Crippen LogP contribution is -2.31. The van der Waals surface area contributed by atoms with E-state index >= 15 is 0 Å². The van der Waals surface area contributed by atoms with Crippen molar-refractivity contribution in [2.24, 2.45) is 0 Å². The van der Waals surface area contributed by atoms with Gasteiger partial charge in [0.2, 0.25) is 0 Å². The zero-order valence-corrected chi connectivity index (χ0v) is 9.68. The largest absolute Gasteiger partial charge is 0.480 e. The van der Waals surface area contributed by atoms with Gasteiger partial charge < -0.3 is 25.6 Å². The molecule has 0 rings (SSSR count). The minimum atomic E-state index is -1.19. The third-order valence-electron chi connectivity index (χ3n) is 1.64. The Morgan fingerprint density at radius 2 is 2.11 bits per heavy atom. The Morgan fingerprint density at radius 3 is 2.67 bits per heavy atom. The number of amides is 1. The van der Waals surface area contributed by atoms with Crippen molar-refractivity contribution in [2.45, 2.75) is 0 Å². The molecule has 0 fully saturated rings. The van der Waals surface area contributed by atoms with Crippen molar-refractivity contribution in [1.82, 2.24) is 10.6 Å². The van der Waals surface area contributed by atoms with Crippen LogP contribution >= 0.6 is 0 Å². The van der Waals surface area contributed by atoms with Crippen LogP contribution in [0.5, 0.6) is 0 Å². The fourth-order valence-corrected chi connectivity index (χ4v) is 0.872. The fraction of sp³-hybridized carbons (Fsp3) is 0.500. The van der Waals surface area contributed by atoms with Gasteiger partial charge in [-0.3, -0.25) is 9.59 Å². The van der Waals surface area contributed by atoms with Crippen LogP contribution in [0.1, 0.15) is 0 Å². The highest BCUT2D eigenvalue weighted by atomic mass is 16.5. The van der Waals surface area contributed by atoms with Gasteiger partial charge in [0.1, 0.15) is 18.2 Å². The number of nitrogens with zero attached hydrogens (tertiary/aromatic N) is 1. The Kier molecular flexibility index (Phi) is 8.89. The van der Waals surface area contributed by atoms with Crippen LogP contribution < -0.4 is 10.6 Å². The second-order valence-electron chi connectivity index (χ2n) is 3.04. The minimum Gasteiger partial charge on any atom is -0.480 e. The number of carboxylic acid groups (broad SMARTS) is 1. The van der Waals surface area contributed by atoms with E-state index in [-0.39, 0.29) is 18.8 Å². The molecule has 0 saturated carbocycles. The van der Waals surface area contributed by atoms with Gasteiger partial charge >= 0.3 is 5.97 Å². The van der Waals surface area contributed by atoms with Crippen LogP contribution in [0.2, 0.25) is 0 Å². The summed E-state index contributed by atoms with van der Waals surface area (Å²) in [7, 11) is 0. The number of hydrogen-bond donors (Lipinski definition) is 4. The number of ether oxygens (including phenoxy) is 1. The molecule has 0 radical (unpaired) electrons. The van der Waals surface area contributed by atoms with Gasteiger partial charge in [0.25, 0.3) is 5.91 Å². The number of aliphatic carboxylic acids is 1. The number of carboxylic acids is 1. The molecule has 0 heterocycles. The first-order valence-electron chi connectivity index (χ1n) is 5.14. The van der Waals surface area contributed by atoms with E-state index in [1.54, 1.807) is 6.07 Å². The molecule has 0 aliphatic heterocycles. The summed E-state index contributed by atoms with van der Waals surface area (Å²) in [4.78, 5) is 21.5. The normalized spacial score (nSPS) is 10.6. The molecule has 100 valence electrons. The molecule has 0 unspecified atom stereocenters. The van der Waals surface area contributed by atoms with Crippen LogP contribution in [0.3, 0.4) is 0 Å². The van der Waals surface area contributed by atoms with Gasteiger partial charge in [-0.1, -0.05) is 0 Å². The van der Waals surface area contributed by atoms with Crippen molar-refractivity contribution < 1.29 is 24.5 Å². The lowest BCUT2D eigenvalue weighted by Gasteiger charge is -2.03. The van der Waals surface area contributed by atoms with Crippen LogP contribution in [0, 0.1) is 11.3 Å². The van der Waals surface area contributed by atoms with Gasteiger partial charge in [0, 0.05) is 12.7 Å². The standard InChI is InChI=1S/C10H15N3O5/c11-5-8(10(17)13-7-9(15)16)6-12-1-3-18-4-2-14/h6,12,14H,1-4,7H2,(H,13,17)(H,15,16)/b8-6-. The maximum atomic E-state index is 11.3. The summed E-state index contributed by atoms with van der Waals surface area (Å²) >= 11 is 0. The number of nitrogens with one attached hydrogen (secondary N) is 2. The van der Waals surface area contributed by atoms with E-state index in [0.717, 1.165) is 0 Å². The average Bonchev–Trinajstić information content (AvgIpc) is 2.35. The van der Waals surface area contributed by atoms with E-state index in [4.69, 9.17) is 20.2 Å². The Hall–Kier alpha value is -2.11. The maximum Gasteiger partial charge on any atom is 0.322 e. The molecular weight excluding hydrogens is 242 g/mol. The maximum absolute atomic E-state index is 11.3. The molecule has 0 atom stereocenters. The molecule has 4 N–H and O–H groups in total. The van der Waals surface area contributed by atoms with Crippen molar-refractivity contribution in [3.05, 3.63) is 11.8 Å². The SMILES string of the molecule is N#C/C(=C/NCCOCCO)C(=O)NCC(=O)O. The van der Waals surface area contributed by atoms with Crippen molar-refractivity contribution >= 4 is 11.9 Å². The molecule has 0 bridgehead atoms. The molecule has 0 saturated heterocycles. The minimum absolute atomic E-state index is 0.0725. The number of hydrogen-bond acceptors (Lipinski definition) is 6. The summed E-state index contributed by atoms with van der Waals surface area (Å²) in [6.45, 7) is 0.272. The van der Waals surface area contributed by atoms with Gasteiger partial charge in [-0.2, -0.15) is 5.26 Å². The molecule has 8 heteroatoms. The van der Waals surface area contributed by atoms with Crippen LogP contribution in [-0.2, 0) is 14.3 Å². The van der Waals surface area contributed by atoms with E-state index in [1.165, 1.54) is 6.20 Å². The number of aliphatic hydroxyl groups is 1. The first-order chi connectivity index (χ1) is 8.61. The average molecular weight is 257 g/mol. The molecule has 8 nitrogen and oxygen atoms in total. The van der Waals surface area contributed by atoms with E-state index in [1.807, 2.05) is 0 Å². The summed E-state index contributed by atoms with van der Waals surface area (Å²) < 4.78 is 4.93. The smallest absolute Gasteiger partial charge is 0.322 e. The summed E-state index contributed by atoms with van der Waals surface area (Å²) in [5.41, 5.74) is -0.224. The summed E-state index contributed by atoms with van der Waals surface area (Å²) in [5, 5.41) is 30.2. The van der Waals surface area contributed by atoms with Gasteiger partial charge in [0.15, 0.2) is 0 Å². The topological polar surface area (TPSA) is 132 Å². The zero-order valence-electron chi connectivity index (χ0n) is 9.68. The molecule has 18 heavy (non-hydrogen) atoms. The van der Waals surface area contributed by atoms with E-state index in [9.17, 15) is 9.59 Å². The second-order valence-corrected chi connectivity index (χ2v) is 3.04. The van der Waals surface area contributed by atoms with E-state index in [0.29, 0.717) is 13.2 Å². The highest BCUT2D eigenvalue weighted by Gasteiger charge is 2.09. The van der Waals surface area contributed by atoms with E-state index in [2.05, 4.69) is 10.6 Å². The van der Waals surface area contributed by atoms with Gasteiger partial charge in [-0.25, -0.2) is 0 Å². The Balaban J connectivity index is 3.96. The number of carbonyl (C=O) groups excluding carboxylic acids is 1. The van der Waals surface area contributed by atoms with Crippen molar-refractivity contribution in [2.75, 3.05) is 32.9 Å². The molecule has 0 aliphatic carbocycles. The third-order valence-corrected chi connectivity index (χ3v) is 1.64. The Labute approximate surface area is 104 Å². The Bertz CT molecular complexity index is 348. The van der Waals surface area contributed by atoms with Gasteiger partial charge in [-0.15, -0.1) is 0 Å². The number of aliphatic hydroxyl groups excluding tert-OH is 1. The van der Waals surface area contributed by atoms with Crippen LogP contribution in [0.25, 0.3) is 0 Å². The quantitative estimate of drug-likeness (QED) is 0.217. The number of rotatable bonds is 9. The van der Waals surface area contributed by atoms with Gasteiger partial charge in [0.05, 0.1) is 19.8 Å². The first kappa shape index (κ1) is 15.9. The monoisotopic (exact) mass is 257 g/mol. The first-order valence-corrected chi connectivity index (χ1v) is 5.14. The second kappa shape index (κ2) is 10.1. The highest BCUT2D eigenvalue weighted by molar-refractivity contribution is 5.98. The lowest BCUT2D eigenvalue weighted by molar-refractivity contribution is -0.137. The van der Waals surface area contributed by atoms with Crippen LogP contribution in [0.15, 0.2) is 11.8 Å². The molecule has 0 aromatic heterocycles. The Morgan fingerprint density at radius 1 is 1.39 bits per heavy atom. The molecule has 0 aliphatic rings. The van der Waals surface area contributed by atoms with E-state index < -0.39 is 18.4 Å². The molecule has 1 amide bonds. The number of nitriles is 1. The number of carbonyl (C=O) groups is 2. The molecule has 0 aromatic carbocycles. The fourth-order valence-electron chi connectivity index (χ4n) is 0.872. The predicted molar refractivity (Wildman–Crippen MR) is 60.2 cm³/mol. The predicted octanol–water partition coefficient (Wildman–Crippen LogP) is -1.81. The van der Waals surface area contributed by atoms with Gasteiger partial charge in [-0.05, 0) is 0 Å². The highest BCUT2D eigenvalue weighted by Crippen LogP contribution is 1.89. The zero-order chi connectivity index (χ0) is 13.8. The summed E-state index contributed by atoms with van der Waals surface area (Å²) in [5.74, 6) is -1.95. The summed E-state index contributed by atoms with van der Waals surface area (Å²) in [6.07, 6.45) is 1.18. The summed E-state index contributed by atoms with van der Waals surface area (Å²) in [6, 6.07) is 1.64. The van der Waals surface area contributed by atoms with Crippen molar-refractivity contribution in [1.29, 1.82) is 5.26 Å². The van der Waals surface area contributed by atoms with Crippen LogP contribution in [0.4, 0.5) is 0 Å². The lowest BCUT2D eigenvalue weighted by atomic mass is 10.3. The molecule has 0 spiro atoms. The molecule has 0 aromatic rings.